The normalized spacial score (nSPS) is 11.7. The lowest BCUT2D eigenvalue weighted by Crippen LogP contribution is -2.11. The van der Waals surface area contributed by atoms with E-state index < -0.39 is 0 Å². The first-order chi connectivity index (χ1) is 29.7. The van der Waals surface area contributed by atoms with Crippen LogP contribution in [0.4, 0.5) is 17.1 Å². The molecule has 60 heavy (non-hydrogen) atoms. The summed E-state index contributed by atoms with van der Waals surface area (Å²) in [5.41, 5.74) is 12.2. The maximum absolute atomic E-state index is 6.25. The minimum Gasteiger partial charge on any atom is -0.456 e. The van der Waals surface area contributed by atoms with Crippen LogP contribution in [0.3, 0.4) is 0 Å². The van der Waals surface area contributed by atoms with Gasteiger partial charge in [-0.1, -0.05) is 164 Å². The van der Waals surface area contributed by atoms with Crippen molar-refractivity contribution in [2.75, 3.05) is 4.90 Å². The van der Waals surface area contributed by atoms with Crippen LogP contribution >= 0.6 is 0 Å². The quantitative estimate of drug-likeness (QED) is 0.157. The van der Waals surface area contributed by atoms with Crippen molar-refractivity contribution in [3.05, 3.63) is 224 Å². The predicted molar refractivity (Wildman–Crippen MR) is 255 cm³/mol. The summed E-state index contributed by atoms with van der Waals surface area (Å²) in [7, 11) is 0. The van der Waals surface area contributed by atoms with Crippen LogP contribution in [0, 0.1) is 0 Å². The standard InChI is InChI=1S/C58H37NO/c1-2-13-38(14-3-1)40-17-12-18-47(35-40)59(46-29-25-39(26-30-46)54-36-43-16-4-6-19-48(43)51-21-8-9-22-52(51)54)55-37-45(34-42-15-5-7-20-49(42)55)41-27-31-50-44(33-41)28-32-57-58(50)53-23-10-11-24-56(53)60-57/h1-37H. The molecule has 0 aliphatic rings. The van der Waals surface area contributed by atoms with Gasteiger partial charge in [-0.3, -0.25) is 0 Å². The number of nitrogens with zero attached hydrogens (tertiary/aromatic N) is 1. The topological polar surface area (TPSA) is 16.4 Å². The summed E-state index contributed by atoms with van der Waals surface area (Å²) < 4.78 is 6.25. The van der Waals surface area contributed by atoms with Gasteiger partial charge in [-0.25, -0.2) is 0 Å². The van der Waals surface area contributed by atoms with Gasteiger partial charge in [0.25, 0.3) is 0 Å². The molecule has 0 radical (unpaired) electrons. The number of rotatable bonds is 6. The van der Waals surface area contributed by atoms with E-state index in [1.54, 1.807) is 0 Å². The lowest BCUT2D eigenvalue weighted by molar-refractivity contribution is 0.669. The van der Waals surface area contributed by atoms with E-state index in [9.17, 15) is 0 Å². The monoisotopic (exact) mass is 763 g/mol. The molecule has 1 aromatic heterocycles. The van der Waals surface area contributed by atoms with Gasteiger partial charge in [0.05, 0.1) is 5.69 Å². The Bertz CT molecular complexity index is 3600. The van der Waals surface area contributed by atoms with Crippen LogP contribution in [0.1, 0.15) is 0 Å². The van der Waals surface area contributed by atoms with Crippen LogP contribution in [0.2, 0.25) is 0 Å². The zero-order valence-electron chi connectivity index (χ0n) is 32.7. The second-order valence-electron chi connectivity index (χ2n) is 15.7. The average Bonchev–Trinajstić information content (AvgIpc) is 3.71. The molecule has 0 aliphatic carbocycles. The molecule has 12 rings (SSSR count). The largest absolute Gasteiger partial charge is 0.456 e. The number of hydrogen-bond donors (Lipinski definition) is 0. The maximum Gasteiger partial charge on any atom is 0.136 e. The summed E-state index contributed by atoms with van der Waals surface area (Å²) in [5, 5.41) is 12.1. The highest BCUT2D eigenvalue weighted by atomic mass is 16.3. The van der Waals surface area contributed by atoms with Crippen LogP contribution < -0.4 is 4.90 Å². The van der Waals surface area contributed by atoms with Crippen LogP contribution in [-0.4, -0.2) is 0 Å². The third kappa shape index (κ3) is 5.65. The molecular formula is C58H37NO. The fourth-order valence-corrected chi connectivity index (χ4v) is 9.34. The highest BCUT2D eigenvalue weighted by Crippen LogP contribution is 2.45. The van der Waals surface area contributed by atoms with Gasteiger partial charge in [0.2, 0.25) is 0 Å². The van der Waals surface area contributed by atoms with Gasteiger partial charge < -0.3 is 9.32 Å². The van der Waals surface area contributed by atoms with E-state index in [4.69, 9.17) is 4.42 Å². The Balaban J connectivity index is 1.05. The van der Waals surface area contributed by atoms with Crippen molar-refractivity contribution in [1.82, 2.24) is 0 Å². The SMILES string of the molecule is c1ccc(-c2cccc(N(c3ccc(-c4cc5ccccc5c5ccccc45)cc3)c3cc(-c4ccc5c(ccc6oc7ccccc7c65)c4)cc4ccccc34)c2)cc1. The molecule has 0 aliphatic heterocycles. The van der Waals surface area contributed by atoms with Gasteiger partial charge in [-0.15, -0.1) is 0 Å². The number of anilines is 3. The molecule has 2 heteroatoms. The number of furan rings is 1. The third-order valence-corrected chi connectivity index (χ3v) is 12.2. The number of fused-ring (bicyclic) bond motifs is 9. The predicted octanol–water partition coefficient (Wildman–Crippen LogP) is 16.7. The number of benzene rings is 11. The van der Waals surface area contributed by atoms with E-state index in [1.165, 1.54) is 70.7 Å². The molecule has 0 unspecified atom stereocenters. The minimum atomic E-state index is 0.914. The molecule has 0 amide bonds. The molecule has 0 atom stereocenters. The molecule has 280 valence electrons. The van der Waals surface area contributed by atoms with Crippen LogP contribution in [-0.2, 0) is 0 Å². The first-order valence-corrected chi connectivity index (χ1v) is 20.6. The van der Waals surface area contributed by atoms with Crippen LogP contribution in [0.25, 0.3) is 98.4 Å². The van der Waals surface area contributed by atoms with Crippen molar-refractivity contribution >= 4 is 82.1 Å². The summed E-state index contributed by atoms with van der Waals surface area (Å²) >= 11 is 0. The Kier molecular flexibility index (Phi) is 7.89. The second-order valence-corrected chi connectivity index (χ2v) is 15.7. The van der Waals surface area contributed by atoms with Crippen LogP contribution in [0.5, 0.6) is 0 Å². The van der Waals surface area contributed by atoms with Crippen molar-refractivity contribution in [2.45, 2.75) is 0 Å². The zero-order chi connectivity index (χ0) is 39.6. The van der Waals surface area contributed by atoms with E-state index in [0.29, 0.717) is 0 Å². The molecule has 0 bridgehead atoms. The molecule has 11 aromatic carbocycles. The third-order valence-electron chi connectivity index (χ3n) is 12.2. The van der Waals surface area contributed by atoms with Crippen molar-refractivity contribution in [3.63, 3.8) is 0 Å². The molecule has 0 saturated carbocycles. The number of para-hydroxylation sites is 1. The molecular weight excluding hydrogens is 727 g/mol. The van der Waals surface area contributed by atoms with E-state index in [0.717, 1.165) is 44.7 Å². The Morgan fingerprint density at radius 1 is 0.283 bits per heavy atom. The molecule has 0 fully saturated rings. The molecule has 1 heterocycles. The van der Waals surface area contributed by atoms with Crippen molar-refractivity contribution in [2.24, 2.45) is 0 Å². The Morgan fingerprint density at radius 2 is 0.900 bits per heavy atom. The summed E-state index contributed by atoms with van der Waals surface area (Å²) in [6.07, 6.45) is 0. The first kappa shape index (κ1) is 34.1. The van der Waals surface area contributed by atoms with Crippen LogP contribution in [0.15, 0.2) is 229 Å². The molecule has 12 aromatic rings. The molecule has 0 spiro atoms. The van der Waals surface area contributed by atoms with Crippen molar-refractivity contribution in [3.8, 4) is 33.4 Å². The fourth-order valence-electron chi connectivity index (χ4n) is 9.34. The van der Waals surface area contributed by atoms with Gasteiger partial charge >= 0.3 is 0 Å². The fraction of sp³-hybridized carbons (Fsp3) is 0. The summed E-state index contributed by atoms with van der Waals surface area (Å²) in [6, 6.07) is 81.5. The van der Waals surface area contributed by atoms with Gasteiger partial charge in [0.1, 0.15) is 11.2 Å². The number of hydrogen-bond acceptors (Lipinski definition) is 2. The molecule has 2 nitrogen and oxygen atoms in total. The lowest BCUT2D eigenvalue weighted by Gasteiger charge is -2.28. The Morgan fingerprint density at radius 3 is 1.73 bits per heavy atom. The summed E-state index contributed by atoms with van der Waals surface area (Å²) in [5.74, 6) is 0. The van der Waals surface area contributed by atoms with E-state index in [1.807, 2.05) is 12.1 Å². The van der Waals surface area contributed by atoms with Crippen molar-refractivity contribution in [1.29, 1.82) is 0 Å². The smallest absolute Gasteiger partial charge is 0.136 e. The first-order valence-electron chi connectivity index (χ1n) is 20.6. The van der Waals surface area contributed by atoms with Gasteiger partial charge in [0.15, 0.2) is 0 Å². The highest BCUT2D eigenvalue weighted by molar-refractivity contribution is 6.19. The highest BCUT2D eigenvalue weighted by Gasteiger charge is 2.19. The van der Waals surface area contributed by atoms with E-state index in [2.05, 4.69) is 217 Å². The summed E-state index contributed by atoms with van der Waals surface area (Å²) in [6.45, 7) is 0. The summed E-state index contributed by atoms with van der Waals surface area (Å²) in [4.78, 5) is 2.43. The average molecular weight is 764 g/mol. The van der Waals surface area contributed by atoms with E-state index >= 15 is 0 Å². The Hall–Kier alpha value is -7.94. The zero-order valence-corrected chi connectivity index (χ0v) is 32.7. The minimum absolute atomic E-state index is 0.914. The van der Waals surface area contributed by atoms with Gasteiger partial charge in [-0.2, -0.15) is 0 Å². The van der Waals surface area contributed by atoms with E-state index in [-0.39, 0.29) is 0 Å². The second kappa shape index (κ2) is 13.9. The lowest BCUT2D eigenvalue weighted by atomic mass is 9.93. The molecule has 0 N–H and O–H groups in total. The van der Waals surface area contributed by atoms with Crippen molar-refractivity contribution < 1.29 is 4.42 Å². The maximum atomic E-state index is 6.25. The van der Waals surface area contributed by atoms with Gasteiger partial charge in [0, 0.05) is 27.5 Å². The molecule has 0 saturated heterocycles. The van der Waals surface area contributed by atoms with Gasteiger partial charge in [-0.05, 0) is 132 Å². The Labute approximate surface area is 347 Å².